The van der Waals surface area contributed by atoms with Crippen molar-refractivity contribution in [3.05, 3.63) is 54.1 Å². The first-order chi connectivity index (χ1) is 12.4. The van der Waals surface area contributed by atoms with E-state index in [2.05, 4.69) is 18.8 Å². The van der Waals surface area contributed by atoms with Crippen molar-refractivity contribution in [2.24, 2.45) is 5.92 Å². The van der Waals surface area contributed by atoms with Crippen LogP contribution in [0, 0.1) is 12.8 Å². The van der Waals surface area contributed by atoms with E-state index in [1.54, 1.807) is 12.1 Å². The van der Waals surface area contributed by atoms with Crippen LogP contribution >= 0.6 is 0 Å². The number of sulfonamides is 1. The third-order valence-electron chi connectivity index (χ3n) is 4.88. The van der Waals surface area contributed by atoms with E-state index in [1.807, 2.05) is 47.9 Å². The van der Waals surface area contributed by atoms with Crippen molar-refractivity contribution in [1.29, 1.82) is 0 Å². The molecule has 1 aliphatic rings. The molecule has 0 spiro atoms. The molecule has 5 nitrogen and oxygen atoms in total. The summed E-state index contributed by atoms with van der Waals surface area (Å²) in [5.74, 6) is 0.920. The van der Waals surface area contributed by atoms with Crippen molar-refractivity contribution in [3.63, 3.8) is 0 Å². The molecule has 3 aromatic rings. The van der Waals surface area contributed by atoms with Gasteiger partial charge in [0.15, 0.2) is 0 Å². The molecule has 1 unspecified atom stereocenters. The lowest BCUT2D eigenvalue weighted by Gasteiger charge is -2.25. The van der Waals surface area contributed by atoms with Crippen LogP contribution < -0.4 is 4.31 Å². The molecule has 0 saturated carbocycles. The smallest absolute Gasteiger partial charge is 0.266 e. The molecule has 0 bridgehead atoms. The predicted molar refractivity (Wildman–Crippen MR) is 104 cm³/mol. The lowest BCUT2D eigenvalue weighted by atomic mass is 10.0. The van der Waals surface area contributed by atoms with Crippen molar-refractivity contribution in [2.75, 3.05) is 4.31 Å². The highest BCUT2D eigenvalue weighted by atomic mass is 32.2. The van der Waals surface area contributed by atoms with E-state index in [4.69, 9.17) is 0 Å². The van der Waals surface area contributed by atoms with Crippen molar-refractivity contribution >= 4 is 27.0 Å². The van der Waals surface area contributed by atoms with Crippen LogP contribution in [0.3, 0.4) is 0 Å². The highest BCUT2D eigenvalue weighted by molar-refractivity contribution is 7.92. The molecule has 6 heteroatoms. The third kappa shape index (κ3) is 2.69. The lowest BCUT2D eigenvalue weighted by molar-refractivity contribution is 0.480. The zero-order valence-electron chi connectivity index (χ0n) is 15.3. The van der Waals surface area contributed by atoms with Crippen LogP contribution in [0.2, 0.25) is 0 Å². The maximum atomic E-state index is 13.4. The number of hydrogen-bond acceptors (Lipinski definition) is 3. The van der Waals surface area contributed by atoms with Gasteiger partial charge < -0.3 is 4.57 Å². The van der Waals surface area contributed by atoms with Crippen molar-refractivity contribution in [1.82, 2.24) is 9.55 Å². The summed E-state index contributed by atoms with van der Waals surface area (Å²) in [5, 5.41) is 0. The minimum Gasteiger partial charge on any atom is -0.307 e. The Morgan fingerprint density at radius 1 is 1.12 bits per heavy atom. The Morgan fingerprint density at radius 2 is 1.81 bits per heavy atom. The number of aromatic nitrogens is 2. The second-order valence-corrected chi connectivity index (χ2v) is 9.22. The molecular formula is C20H23N3O2S. The van der Waals surface area contributed by atoms with Gasteiger partial charge in [-0.1, -0.05) is 43.7 Å². The van der Waals surface area contributed by atoms with Crippen LogP contribution in [0.1, 0.15) is 25.8 Å². The molecule has 2 heterocycles. The SMILES string of the molecule is Cc1ccc(S(=O)(=O)N2c3nc4ccccc4n3CC2CC(C)C)cc1. The van der Waals surface area contributed by atoms with Gasteiger partial charge in [-0.15, -0.1) is 0 Å². The maximum Gasteiger partial charge on any atom is 0.266 e. The number of rotatable bonds is 4. The summed E-state index contributed by atoms with van der Waals surface area (Å²) in [6.07, 6.45) is 0.794. The zero-order chi connectivity index (χ0) is 18.5. The van der Waals surface area contributed by atoms with Crippen molar-refractivity contribution in [3.8, 4) is 0 Å². The average Bonchev–Trinajstić information content (AvgIpc) is 3.10. The topological polar surface area (TPSA) is 55.2 Å². The Morgan fingerprint density at radius 3 is 2.50 bits per heavy atom. The number of para-hydroxylation sites is 2. The number of benzene rings is 2. The van der Waals surface area contributed by atoms with Crippen LogP contribution in [-0.2, 0) is 16.6 Å². The molecule has 4 rings (SSSR count). The van der Waals surface area contributed by atoms with E-state index in [1.165, 1.54) is 4.31 Å². The van der Waals surface area contributed by atoms with Gasteiger partial charge in [0.25, 0.3) is 10.0 Å². The van der Waals surface area contributed by atoms with Gasteiger partial charge in [-0.3, -0.25) is 0 Å². The molecule has 0 N–H and O–H groups in total. The van der Waals surface area contributed by atoms with Gasteiger partial charge in [-0.2, -0.15) is 0 Å². The minimum atomic E-state index is -3.66. The molecule has 0 radical (unpaired) electrons. The lowest BCUT2D eigenvalue weighted by Crippen LogP contribution is -2.39. The first-order valence-electron chi connectivity index (χ1n) is 8.94. The number of imidazole rings is 1. The minimum absolute atomic E-state index is 0.117. The molecular weight excluding hydrogens is 346 g/mol. The molecule has 0 saturated heterocycles. The van der Waals surface area contributed by atoms with Crippen LogP contribution in [0.4, 0.5) is 5.95 Å². The molecule has 1 aromatic heterocycles. The Labute approximate surface area is 154 Å². The Kier molecular flexibility index (Phi) is 4.03. The second-order valence-electron chi connectivity index (χ2n) is 7.41. The molecule has 1 atom stereocenters. The summed E-state index contributed by atoms with van der Waals surface area (Å²) in [6, 6.07) is 14.7. The van der Waals surface area contributed by atoms with E-state index in [0.717, 1.165) is 23.0 Å². The summed E-state index contributed by atoms with van der Waals surface area (Å²) >= 11 is 0. The molecule has 2 aromatic carbocycles. The average molecular weight is 369 g/mol. The van der Waals surface area contributed by atoms with Gasteiger partial charge in [-0.05, 0) is 43.5 Å². The zero-order valence-corrected chi connectivity index (χ0v) is 16.1. The van der Waals surface area contributed by atoms with Gasteiger partial charge in [0, 0.05) is 6.54 Å². The second kappa shape index (κ2) is 6.13. The molecule has 26 heavy (non-hydrogen) atoms. The van der Waals surface area contributed by atoms with Crippen LogP contribution in [-0.4, -0.2) is 24.0 Å². The molecule has 0 fully saturated rings. The fourth-order valence-electron chi connectivity index (χ4n) is 3.70. The number of anilines is 1. The van der Waals surface area contributed by atoms with Gasteiger partial charge in [0.05, 0.1) is 22.0 Å². The Bertz CT molecular complexity index is 1050. The van der Waals surface area contributed by atoms with Gasteiger partial charge >= 0.3 is 0 Å². The quantitative estimate of drug-likeness (QED) is 0.699. The number of nitrogens with zero attached hydrogens (tertiary/aromatic N) is 3. The van der Waals surface area contributed by atoms with Gasteiger partial charge in [0.1, 0.15) is 0 Å². The largest absolute Gasteiger partial charge is 0.307 e. The highest BCUT2D eigenvalue weighted by Gasteiger charge is 2.41. The molecule has 0 aliphatic carbocycles. The number of hydrogen-bond donors (Lipinski definition) is 0. The maximum absolute atomic E-state index is 13.4. The third-order valence-corrected chi connectivity index (χ3v) is 6.72. The summed E-state index contributed by atoms with van der Waals surface area (Å²) in [5.41, 5.74) is 2.85. The Balaban J connectivity index is 1.87. The van der Waals surface area contributed by atoms with E-state index < -0.39 is 10.0 Å². The van der Waals surface area contributed by atoms with Gasteiger partial charge in [-0.25, -0.2) is 17.7 Å². The summed E-state index contributed by atoms with van der Waals surface area (Å²) in [7, 11) is -3.66. The van der Waals surface area contributed by atoms with E-state index >= 15 is 0 Å². The number of fused-ring (bicyclic) bond motifs is 3. The predicted octanol–water partition coefficient (Wildman–Crippen LogP) is 3.97. The Hall–Kier alpha value is -2.34. The van der Waals surface area contributed by atoms with Gasteiger partial charge in [0.2, 0.25) is 5.95 Å². The monoisotopic (exact) mass is 369 g/mol. The fourth-order valence-corrected chi connectivity index (χ4v) is 5.31. The summed E-state index contributed by atoms with van der Waals surface area (Å²) in [6.45, 7) is 6.83. The number of aryl methyl sites for hydroxylation is 1. The first-order valence-corrected chi connectivity index (χ1v) is 10.4. The van der Waals surface area contributed by atoms with Crippen molar-refractivity contribution in [2.45, 2.75) is 44.7 Å². The van der Waals surface area contributed by atoms with Crippen LogP contribution in [0.5, 0.6) is 0 Å². The van der Waals surface area contributed by atoms with E-state index in [9.17, 15) is 8.42 Å². The van der Waals surface area contributed by atoms with Crippen LogP contribution in [0.15, 0.2) is 53.4 Å². The summed E-state index contributed by atoms with van der Waals surface area (Å²) < 4.78 is 30.5. The van der Waals surface area contributed by atoms with E-state index in [0.29, 0.717) is 23.3 Å². The fraction of sp³-hybridized carbons (Fsp3) is 0.350. The van der Waals surface area contributed by atoms with E-state index in [-0.39, 0.29) is 6.04 Å². The molecule has 1 aliphatic heterocycles. The molecule has 0 amide bonds. The standard InChI is InChI=1S/C20H23N3O2S/c1-14(2)12-16-13-22-19-7-5-4-6-18(19)21-20(22)23(16)26(24,25)17-10-8-15(3)9-11-17/h4-11,14,16H,12-13H2,1-3H3. The summed E-state index contributed by atoms with van der Waals surface area (Å²) in [4.78, 5) is 4.97. The van der Waals surface area contributed by atoms with Crippen molar-refractivity contribution < 1.29 is 8.42 Å². The highest BCUT2D eigenvalue weighted by Crippen LogP contribution is 2.37. The van der Waals surface area contributed by atoms with Crippen LogP contribution in [0.25, 0.3) is 11.0 Å². The first kappa shape index (κ1) is 17.1. The molecule has 136 valence electrons. The normalized spacial score (nSPS) is 17.2.